The van der Waals surface area contributed by atoms with Gasteiger partial charge in [-0.3, -0.25) is 0 Å². The Kier molecular flexibility index (Phi) is 4.44. The number of fused-ring (bicyclic) bond motifs is 1. The lowest BCUT2D eigenvalue weighted by Gasteiger charge is -2.38. The van der Waals surface area contributed by atoms with Crippen LogP contribution >= 0.6 is 0 Å². The zero-order valence-electron chi connectivity index (χ0n) is 13.2. The topological polar surface area (TPSA) is 20.3 Å². The van der Waals surface area contributed by atoms with E-state index in [0.717, 1.165) is 51.2 Å². The van der Waals surface area contributed by atoms with Gasteiger partial charge in [0.1, 0.15) is 6.29 Å². The van der Waals surface area contributed by atoms with Crippen LogP contribution in [0.5, 0.6) is 0 Å². The molecule has 1 aliphatic carbocycles. The van der Waals surface area contributed by atoms with Gasteiger partial charge in [0.25, 0.3) is 0 Å². The van der Waals surface area contributed by atoms with Gasteiger partial charge in [-0.1, -0.05) is 31.2 Å². The monoisotopic (exact) mass is 285 g/mol. The molecule has 0 radical (unpaired) electrons. The second kappa shape index (κ2) is 6.31. The quantitative estimate of drug-likeness (QED) is 0.792. The van der Waals surface area contributed by atoms with Gasteiger partial charge in [-0.2, -0.15) is 0 Å². The first-order valence-corrected chi connectivity index (χ1v) is 8.46. The third-order valence-electron chi connectivity index (χ3n) is 5.57. The van der Waals surface area contributed by atoms with E-state index >= 15 is 0 Å². The molecule has 21 heavy (non-hydrogen) atoms. The third-order valence-corrected chi connectivity index (χ3v) is 5.57. The summed E-state index contributed by atoms with van der Waals surface area (Å²) < 4.78 is 0. The van der Waals surface area contributed by atoms with Gasteiger partial charge in [-0.15, -0.1) is 0 Å². The maximum absolute atomic E-state index is 11.7. The van der Waals surface area contributed by atoms with Crippen molar-refractivity contribution in [2.75, 3.05) is 19.6 Å². The molecule has 0 saturated heterocycles. The molecule has 0 aromatic heterocycles. The molecular weight excluding hydrogens is 258 g/mol. The molecule has 3 rings (SSSR count). The van der Waals surface area contributed by atoms with Crippen LogP contribution in [-0.4, -0.2) is 30.8 Å². The number of benzene rings is 1. The van der Waals surface area contributed by atoms with Crippen LogP contribution in [0.1, 0.15) is 43.7 Å². The highest BCUT2D eigenvalue weighted by Crippen LogP contribution is 2.38. The Morgan fingerprint density at radius 1 is 1.14 bits per heavy atom. The Balaban J connectivity index is 1.64. The van der Waals surface area contributed by atoms with E-state index in [1.165, 1.54) is 30.3 Å². The van der Waals surface area contributed by atoms with E-state index in [2.05, 4.69) is 36.1 Å². The van der Waals surface area contributed by atoms with Crippen LogP contribution in [0.15, 0.2) is 24.3 Å². The summed E-state index contributed by atoms with van der Waals surface area (Å²) in [6.07, 6.45) is 8.13. The van der Waals surface area contributed by atoms with Gasteiger partial charge in [0.2, 0.25) is 0 Å². The van der Waals surface area contributed by atoms with Crippen LogP contribution in [0.25, 0.3) is 0 Å². The summed E-state index contributed by atoms with van der Waals surface area (Å²) in [6, 6.07) is 8.81. The van der Waals surface area contributed by atoms with Crippen molar-refractivity contribution >= 4 is 6.29 Å². The van der Waals surface area contributed by atoms with Gasteiger partial charge in [0.05, 0.1) is 0 Å². The van der Waals surface area contributed by atoms with E-state index in [9.17, 15) is 4.79 Å². The molecule has 1 aromatic carbocycles. The van der Waals surface area contributed by atoms with Crippen molar-refractivity contribution in [2.24, 2.45) is 11.3 Å². The Morgan fingerprint density at radius 2 is 1.71 bits per heavy atom. The first-order valence-electron chi connectivity index (χ1n) is 8.46. The number of hydrogen-bond acceptors (Lipinski definition) is 2. The van der Waals surface area contributed by atoms with Gasteiger partial charge < -0.3 is 9.69 Å². The molecule has 0 atom stereocenters. The maximum atomic E-state index is 11.7. The first kappa shape index (κ1) is 14.8. The van der Waals surface area contributed by atoms with Crippen LogP contribution in [0.4, 0.5) is 0 Å². The van der Waals surface area contributed by atoms with Crippen LogP contribution in [0.2, 0.25) is 0 Å². The Labute approximate surface area is 128 Å². The number of hydrogen-bond donors (Lipinski definition) is 0. The van der Waals surface area contributed by atoms with Gasteiger partial charge in [-0.05, 0) is 55.6 Å². The number of carbonyl (C=O) groups is 1. The number of rotatable bonds is 3. The molecule has 1 aliphatic heterocycles. The zero-order valence-corrected chi connectivity index (χ0v) is 13.2. The summed E-state index contributed by atoms with van der Waals surface area (Å²) in [4.78, 5) is 14.3. The molecule has 0 bridgehead atoms. The minimum absolute atomic E-state index is 0.0664. The van der Waals surface area contributed by atoms with Crippen molar-refractivity contribution in [1.82, 2.24) is 4.90 Å². The van der Waals surface area contributed by atoms with Gasteiger partial charge in [-0.25, -0.2) is 0 Å². The van der Waals surface area contributed by atoms with E-state index in [1.807, 2.05) is 0 Å². The van der Waals surface area contributed by atoms with E-state index in [0.29, 0.717) is 0 Å². The average molecular weight is 285 g/mol. The van der Waals surface area contributed by atoms with Crippen molar-refractivity contribution in [3.05, 3.63) is 35.4 Å². The Bertz CT molecular complexity index is 461. The van der Waals surface area contributed by atoms with E-state index in [-0.39, 0.29) is 5.41 Å². The highest BCUT2D eigenvalue weighted by Gasteiger charge is 2.35. The van der Waals surface area contributed by atoms with Crippen molar-refractivity contribution < 1.29 is 4.79 Å². The lowest BCUT2D eigenvalue weighted by Crippen LogP contribution is -2.42. The van der Waals surface area contributed by atoms with Crippen LogP contribution < -0.4 is 0 Å². The number of aldehydes is 1. The fourth-order valence-electron chi connectivity index (χ4n) is 3.97. The molecule has 1 aromatic rings. The summed E-state index contributed by atoms with van der Waals surface area (Å²) in [6.45, 7) is 5.48. The molecule has 0 amide bonds. The second-order valence-electron chi connectivity index (χ2n) is 7.21. The van der Waals surface area contributed by atoms with Gasteiger partial charge >= 0.3 is 0 Å². The molecule has 114 valence electrons. The van der Waals surface area contributed by atoms with E-state index < -0.39 is 0 Å². The Hall–Kier alpha value is -1.15. The smallest absolute Gasteiger partial charge is 0.127 e. The van der Waals surface area contributed by atoms with Crippen LogP contribution in [0.3, 0.4) is 0 Å². The first-order chi connectivity index (χ1) is 10.2. The number of carbonyl (C=O) groups excluding carboxylic acids is 1. The van der Waals surface area contributed by atoms with E-state index in [4.69, 9.17) is 0 Å². The van der Waals surface area contributed by atoms with Crippen LogP contribution in [0, 0.1) is 11.3 Å². The normalized spacial score (nSPS) is 30.4. The lowest BCUT2D eigenvalue weighted by atomic mass is 9.71. The molecular formula is C19H27NO. The lowest BCUT2D eigenvalue weighted by molar-refractivity contribution is -0.119. The summed E-state index contributed by atoms with van der Waals surface area (Å²) in [5, 5.41) is 0. The minimum atomic E-state index is -0.0664. The summed E-state index contributed by atoms with van der Waals surface area (Å²) in [7, 11) is 0. The highest BCUT2D eigenvalue weighted by molar-refractivity contribution is 5.60. The molecule has 0 unspecified atom stereocenters. The largest absolute Gasteiger partial charge is 0.303 e. The van der Waals surface area contributed by atoms with Gasteiger partial charge in [0, 0.05) is 25.0 Å². The molecule has 2 aliphatic rings. The third kappa shape index (κ3) is 3.37. The second-order valence-corrected chi connectivity index (χ2v) is 7.21. The van der Waals surface area contributed by atoms with Crippen LogP contribution in [-0.2, 0) is 17.6 Å². The molecule has 0 spiro atoms. The summed E-state index contributed by atoms with van der Waals surface area (Å²) >= 11 is 0. The van der Waals surface area contributed by atoms with Gasteiger partial charge in [0.15, 0.2) is 0 Å². The average Bonchev–Trinajstić information content (AvgIpc) is 2.73. The molecule has 1 saturated carbocycles. The van der Waals surface area contributed by atoms with Crippen molar-refractivity contribution in [1.29, 1.82) is 0 Å². The highest BCUT2D eigenvalue weighted by atomic mass is 16.1. The maximum Gasteiger partial charge on any atom is 0.127 e. The Morgan fingerprint density at radius 3 is 2.24 bits per heavy atom. The molecule has 1 fully saturated rings. The molecule has 2 nitrogen and oxygen atoms in total. The summed E-state index contributed by atoms with van der Waals surface area (Å²) in [5.74, 6) is 0.798. The van der Waals surface area contributed by atoms with Crippen molar-refractivity contribution in [2.45, 2.75) is 45.4 Å². The molecule has 2 heteroatoms. The fraction of sp³-hybridized carbons (Fsp3) is 0.632. The number of nitrogens with zero attached hydrogens (tertiary/aromatic N) is 1. The minimum Gasteiger partial charge on any atom is -0.303 e. The standard InChI is InChI=1S/C19H27NO/c1-16-6-10-19(15-21,11-7-16)14-20-12-8-17-4-2-3-5-18(17)9-13-20/h2-5,15-16H,6-14H2,1H3. The zero-order chi connectivity index (χ0) is 14.7. The summed E-state index contributed by atoms with van der Waals surface area (Å²) in [5.41, 5.74) is 2.93. The fourth-order valence-corrected chi connectivity index (χ4v) is 3.97. The van der Waals surface area contributed by atoms with Crippen molar-refractivity contribution in [3.63, 3.8) is 0 Å². The molecule has 1 heterocycles. The predicted molar refractivity (Wildman–Crippen MR) is 86.4 cm³/mol. The van der Waals surface area contributed by atoms with Crippen molar-refractivity contribution in [3.8, 4) is 0 Å². The predicted octanol–water partition coefficient (Wildman–Crippen LogP) is 3.48. The van der Waals surface area contributed by atoms with E-state index in [1.54, 1.807) is 0 Å². The SMILES string of the molecule is CC1CCC(C=O)(CN2CCc3ccccc3CC2)CC1. The molecule has 0 N–H and O–H groups in total.